The number of carbonyl (C=O) groups is 2. The zero-order chi connectivity index (χ0) is 25.8. The van der Waals surface area contributed by atoms with Gasteiger partial charge in [0.15, 0.2) is 0 Å². The molecule has 5 rings (SSSR count). The predicted octanol–water partition coefficient (Wildman–Crippen LogP) is 5.36. The number of aliphatic hydroxyl groups excluding tert-OH is 1. The number of aromatic hydroxyl groups is 1. The number of amides is 1. The molecule has 3 aromatic carbocycles. The minimum absolute atomic E-state index is 0.0547. The van der Waals surface area contributed by atoms with E-state index in [0.29, 0.717) is 17.7 Å². The number of alkyl halides is 3. The average molecular weight is 495 g/mol. The van der Waals surface area contributed by atoms with E-state index in [1.165, 1.54) is 30.3 Å². The number of phenols is 1. The fourth-order valence-electron chi connectivity index (χ4n) is 4.63. The molecule has 2 atom stereocenters. The van der Waals surface area contributed by atoms with Gasteiger partial charge in [-0.2, -0.15) is 13.2 Å². The van der Waals surface area contributed by atoms with Gasteiger partial charge >= 0.3 is 6.18 Å². The first-order chi connectivity index (χ1) is 17.0. The Morgan fingerprint density at radius 3 is 2.44 bits per heavy atom. The van der Waals surface area contributed by atoms with Gasteiger partial charge in [0.2, 0.25) is 0 Å². The molecule has 0 bridgehead atoms. The molecule has 36 heavy (non-hydrogen) atoms. The van der Waals surface area contributed by atoms with E-state index < -0.39 is 35.2 Å². The molecule has 0 saturated carbocycles. The molecule has 0 radical (unpaired) electrons. The first-order valence-electron chi connectivity index (χ1n) is 11.1. The number of hydrogen-bond acceptors (Lipinski definition) is 5. The quantitative estimate of drug-likeness (QED) is 0.290. The lowest BCUT2D eigenvalue weighted by molar-refractivity contribution is -0.137. The third kappa shape index (κ3) is 3.96. The normalized spacial score (nSPS) is 20.9. The first-order valence-corrected chi connectivity index (χ1v) is 11.1. The summed E-state index contributed by atoms with van der Waals surface area (Å²) in [7, 11) is 0. The summed E-state index contributed by atoms with van der Waals surface area (Å²) in [4.78, 5) is 27.3. The number of ketones is 1. The van der Waals surface area contributed by atoms with Crippen LogP contribution in [0.25, 0.3) is 5.76 Å². The molecule has 3 aromatic rings. The van der Waals surface area contributed by atoms with Crippen LogP contribution in [0.5, 0.6) is 11.5 Å². The molecule has 0 aliphatic carbocycles. The molecule has 1 saturated heterocycles. The van der Waals surface area contributed by atoms with Gasteiger partial charge in [-0.15, -0.1) is 0 Å². The van der Waals surface area contributed by atoms with Crippen LogP contribution in [-0.4, -0.2) is 28.0 Å². The summed E-state index contributed by atoms with van der Waals surface area (Å²) in [6.45, 7) is 1.89. The first kappa shape index (κ1) is 23.5. The summed E-state index contributed by atoms with van der Waals surface area (Å²) >= 11 is 0. The van der Waals surface area contributed by atoms with Gasteiger partial charge in [-0.05, 0) is 66.6 Å². The summed E-state index contributed by atoms with van der Waals surface area (Å²) < 4.78 is 45.9. The number of hydrogen-bond donors (Lipinski definition) is 2. The molecule has 2 unspecified atom stereocenters. The van der Waals surface area contributed by atoms with Crippen molar-refractivity contribution in [3.8, 4) is 11.5 Å². The fraction of sp³-hybridized carbons (Fsp3) is 0.185. The van der Waals surface area contributed by atoms with Crippen LogP contribution < -0.4 is 9.64 Å². The summed E-state index contributed by atoms with van der Waals surface area (Å²) in [6, 6.07) is 13.3. The second kappa shape index (κ2) is 8.44. The van der Waals surface area contributed by atoms with Crippen molar-refractivity contribution in [1.82, 2.24) is 0 Å². The van der Waals surface area contributed by atoms with Crippen molar-refractivity contribution in [3.63, 3.8) is 0 Å². The van der Waals surface area contributed by atoms with Crippen molar-refractivity contribution in [2.45, 2.75) is 31.7 Å². The van der Waals surface area contributed by atoms with Gasteiger partial charge in [0.25, 0.3) is 11.7 Å². The molecular weight excluding hydrogens is 475 g/mol. The molecule has 2 N–H and O–H groups in total. The second-order valence-electron chi connectivity index (χ2n) is 8.76. The number of nitrogens with zero attached hydrogens (tertiary/aromatic N) is 1. The maximum Gasteiger partial charge on any atom is 0.416 e. The van der Waals surface area contributed by atoms with E-state index in [1.54, 1.807) is 18.2 Å². The van der Waals surface area contributed by atoms with Crippen LogP contribution in [0, 0.1) is 0 Å². The zero-order valence-corrected chi connectivity index (χ0v) is 18.9. The van der Waals surface area contributed by atoms with Crippen LogP contribution in [0.1, 0.15) is 35.2 Å². The van der Waals surface area contributed by atoms with E-state index in [2.05, 4.69) is 0 Å². The maximum absolute atomic E-state index is 13.4. The van der Waals surface area contributed by atoms with Crippen LogP contribution in [0.3, 0.4) is 0 Å². The number of ether oxygens (including phenoxy) is 1. The van der Waals surface area contributed by atoms with Crippen molar-refractivity contribution < 1.29 is 37.7 Å². The third-order valence-corrected chi connectivity index (χ3v) is 6.27. The van der Waals surface area contributed by atoms with Gasteiger partial charge in [-0.25, -0.2) is 0 Å². The van der Waals surface area contributed by atoms with Gasteiger partial charge in [0, 0.05) is 17.7 Å². The number of rotatable bonds is 3. The van der Waals surface area contributed by atoms with Crippen LogP contribution >= 0.6 is 0 Å². The largest absolute Gasteiger partial charge is 0.508 e. The van der Waals surface area contributed by atoms with Gasteiger partial charge < -0.3 is 14.9 Å². The standard InChI is InChI=1S/C27H20F3NO5/c1-14-11-17-12-16(7-10-21(17)36-14)24(33)22-23(15-5-8-20(32)9-6-15)31(26(35)25(22)34)19-4-2-3-18(13-19)27(28,29)30/h2-10,12-14,23,32-33H,11H2,1H3/b24-22-. The Morgan fingerprint density at radius 1 is 1.03 bits per heavy atom. The molecule has 2 aliphatic rings. The Balaban J connectivity index is 1.69. The van der Waals surface area contributed by atoms with Crippen LogP contribution in [-0.2, 0) is 22.2 Å². The van der Waals surface area contributed by atoms with Crippen molar-refractivity contribution in [1.29, 1.82) is 0 Å². The molecule has 9 heteroatoms. The van der Waals surface area contributed by atoms with E-state index in [9.17, 15) is 33.0 Å². The molecular formula is C27H20F3NO5. The molecule has 0 aromatic heterocycles. The van der Waals surface area contributed by atoms with Gasteiger partial charge in [0.05, 0.1) is 17.2 Å². The number of aliphatic hydroxyl groups is 1. The number of phenolic OH excluding ortho intramolecular Hbond substituents is 1. The van der Waals surface area contributed by atoms with Gasteiger partial charge in [-0.3, -0.25) is 14.5 Å². The van der Waals surface area contributed by atoms with Crippen LogP contribution in [0.2, 0.25) is 0 Å². The predicted molar refractivity (Wildman–Crippen MR) is 125 cm³/mol. The molecule has 0 spiro atoms. The Hall–Kier alpha value is -4.27. The fourth-order valence-corrected chi connectivity index (χ4v) is 4.63. The van der Waals surface area contributed by atoms with Crippen LogP contribution in [0.4, 0.5) is 18.9 Å². The molecule has 2 heterocycles. The second-order valence-corrected chi connectivity index (χ2v) is 8.76. The van der Waals surface area contributed by atoms with E-state index in [0.717, 1.165) is 28.7 Å². The number of fused-ring (bicyclic) bond motifs is 1. The highest BCUT2D eigenvalue weighted by atomic mass is 19.4. The summed E-state index contributed by atoms with van der Waals surface area (Å²) in [5.41, 5.74) is 0.00975. The maximum atomic E-state index is 13.4. The SMILES string of the molecule is CC1Cc2cc(/C(O)=C3/C(=O)C(=O)N(c4cccc(C(F)(F)F)c4)C3c3ccc(O)cc3)ccc2O1. The number of anilines is 1. The van der Waals surface area contributed by atoms with Gasteiger partial charge in [-0.1, -0.05) is 18.2 Å². The van der Waals surface area contributed by atoms with E-state index in [-0.39, 0.29) is 28.7 Å². The highest BCUT2D eigenvalue weighted by molar-refractivity contribution is 6.51. The van der Waals surface area contributed by atoms with Crippen molar-refractivity contribution in [3.05, 3.63) is 94.6 Å². The monoisotopic (exact) mass is 495 g/mol. The molecule has 1 fully saturated rings. The van der Waals surface area contributed by atoms with Crippen molar-refractivity contribution >= 4 is 23.1 Å². The molecule has 1 amide bonds. The Bertz CT molecular complexity index is 1410. The van der Waals surface area contributed by atoms with Gasteiger partial charge in [0.1, 0.15) is 23.4 Å². The Labute approximate surface area is 203 Å². The number of Topliss-reactive ketones (excluding diaryl/α,β-unsaturated/α-hetero) is 1. The van der Waals surface area contributed by atoms with Crippen LogP contribution in [0.15, 0.2) is 72.3 Å². The van der Waals surface area contributed by atoms with E-state index in [4.69, 9.17) is 4.74 Å². The van der Waals surface area contributed by atoms with E-state index >= 15 is 0 Å². The molecule has 6 nitrogen and oxygen atoms in total. The number of halogens is 3. The summed E-state index contributed by atoms with van der Waals surface area (Å²) in [6.07, 6.45) is -4.13. The lowest BCUT2D eigenvalue weighted by Crippen LogP contribution is -2.29. The molecule has 184 valence electrons. The topological polar surface area (TPSA) is 87.1 Å². The Kier molecular flexibility index (Phi) is 5.50. The Morgan fingerprint density at radius 2 is 1.75 bits per heavy atom. The number of benzene rings is 3. The smallest absolute Gasteiger partial charge is 0.416 e. The average Bonchev–Trinajstić information content (AvgIpc) is 3.34. The third-order valence-electron chi connectivity index (χ3n) is 6.27. The lowest BCUT2D eigenvalue weighted by Gasteiger charge is -2.26. The minimum atomic E-state index is -4.67. The van der Waals surface area contributed by atoms with Crippen molar-refractivity contribution in [2.75, 3.05) is 4.90 Å². The number of carbonyl (C=O) groups excluding carboxylic acids is 2. The highest BCUT2D eigenvalue weighted by Crippen LogP contribution is 2.44. The molecule has 2 aliphatic heterocycles. The highest BCUT2D eigenvalue weighted by Gasteiger charge is 2.47. The summed E-state index contributed by atoms with van der Waals surface area (Å²) in [5.74, 6) is -2.00. The zero-order valence-electron chi connectivity index (χ0n) is 18.9. The van der Waals surface area contributed by atoms with E-state index in [1.807, 2.05) is 6.92 Å². The lowest BCUT2D eigenvalue weighted by atomic mass is 9.94. The summed E-state index contributed by atoms with van der Waals surface area (Å²) in [5, 5.41) is 21.0. The minimum Gasteiger partial charge on any atom is -0.508 e. The van der Waals surface area contributed by atoms with Crippen molar-refractivity contribution in [2.24, 2.45) is 0 Å².